The van der Waals surface area contributed by atoms with Gasteiger partial charge in [-0.3, -0.25) is 9.59 Å². The van der Waals surface area contributed by atoms with Crippen molar-refractivity contribution < 1.29 is 29.0 Å². The van der Waals surface area contributed by atoms with Crippen LogP contribution < -0.4 is 14.8 Å². The average Bonchev–Trinajstić information content (AvgIpc) is 2.89. The highest BCUT2D eigenvalue weighted by molar-refractivity contribution is 6.00. The molecule has 9 heteroatoms. The predicted molar refractivity (Wildman–Crippen MR) is 137 cm³/mol. The van der Waals surface area contributed by atoms with E-state index in [-0.39, 0.29) is 35.5 Å². The van der Waals surface area contributed by atoms with E-state index in [1.165, 1.54) is 6.07 Å². The molecular weight excluding hydrogens is 474 g/mol. The van der Waals surface area contributed by atoms with Gasteiger partial charge >= 0.3 is 5.97 Å². The summed E-state index contributed by atoms with van der Waals surface area (Å²) < 4.78 is 11.7. The molecule has 2 amide bonds. The lowest BCUT2D eigenvalue weighted by molar-refractivity contribution is -0.133. The highest BCUT2D eigenvalue weighted by atomic mass is 16.5. The van der Waals surface area contributed by atoms with Gasteiger partial charge in [0, 0.05) is 25.7 Å². The SMILES string of the molecule is CC(=O)N1CCCCC1COc1ccc(Oc2ccc(CC(=O)Nc3ccccc3C(=O)O)cn2)cc1. The van der Waals surface area contributed by atoms with Crippen LogP contribution in [0.4, 0.5) is 5.69 Å². The summed E-state index contributed by atoms with van der Waals surface area (Å²) in [6.07, 6.45) is 4.65. The fourth-order valence-corrected chi connectivity index (χ4v) is 4.24. The van der Waals surface area contributed by atoms with E-state index in [0.717, 1.165) is 25.8 Å². The number of hydrogen-bond donors (Lipinski definition) is 2. The fraction of sp³-hybridized carbons (Fsp3) is 0.286. The fourth-order valence-electron chi connectivity index (χ4n) is 4.24. The number of carboxylic acids is 1. The monoisotopic (exact) mass is 503 g/mol. The van der Waals surface area contributed by atoms with Gasteiger partial charge in [-0.05, 0) is 61.2 Å². The van der Waals surface area contributed by atoms with Gasteiger partial charge in [0.25, 0.3) is 0 Å². The van der Waals surface area contributed by atoms with Crippen molar-refractivity contribution in [2.24, 2.45) is 0 Å². The molecule has 2 N–H and O–H groups in total. The first-order valence-corrected chi connectivity index (χ1v) is 12.1. The van der Waals surface area contributed by atoms with E-state index in [1.54, 1.807) is 55.6 Å². The van der Waals surface area contributed by atoms with Crippen LogP contribution in [0.2, 0.25) is 0 Å². The molecule has 0 aliphatic carbocycles. The number of pyridine rings is 1. The van der Waals surface area contributed by atoms with Gasteiger partial charge in [-0.1, -0.05) is 18.2 Å². The number of likely N-dealkylation sites (tertiary alicyclic amines) is 1. The maximum absolute atomic E-state index is 12.4. The van der Waals surface area contributed by atoms with Crippen LogP contribution in [0.1, 0.15) is 42.1 Å². The molecular formula is C28H29N3O6. The summed E-state index contributed by atoms with van der Waals surface area (Å²) in [5.74, 6) is 0.272. The first-order chi connectivity index (χ1) is 17.9. The summed E-state index contributed by atoms with van der Waals surface area (Å²) in [4.78, 5) is 41.7. The topological polar surface area (TPSA) is 118 Å². The Kier molecular flexibility index (Phi) is 8.35. The third kappa shape index (κ3) is 7.07. The Hall–Kier alpha value is -4.40. The molecule has 0 spiro atoms. The smallest absolute Gasteiger partial charge is 0.337 e. The molecule has 0 saturated carbocycles. The molecule has 2 heterocycles. The number of carbonyl (C=O) groups is 3. The largest absolute Gasteiger partial charge is 0.491 e. The molecule has 1 saturated heterocycles. The van der Waals surface area contributed by atoms with Crippen LogP contribution in [-0.4, -0.2) is 52.0 Å². The molecule has 192 valence electrons. The Bertz CT molecular complexity index is 1240. The normalized spacial score (nSPS) is 15.1. The second kappa shape index (κ2) is 12.0. The molecule has 1 unspecified atom stereocenters. The quantitative estimate of drug-likeness (QED) is 0.440. The lowest BCUT2D eigenvalue weighted by atomic mass is 10.0. The second-order valence-electron chi connectivity index (χ2n) is 8.83. The number of aromatic nitrogens is 1. The Labute approximate surface area is 215 Å². The third-order valence-corrected chi connectivity index (χ3v) is 6.11. The summed E-state index contributed by atoms with van der Waals surface area (Å²) in [7, 11) is 0. The molecule has 4 rings (SSSR count). The van der Waals surface area contributed by atoms with Crippen LogP contribution in [0.15, 0.2) is 66.9 Å². The number of nitrogens with one attached hydrogen (secondary N) is 1. The zero-order valence-electron chi connectivity index (χ0n) is 20.6. The summed E-state index contributed by atoms with van der Waals surface area (Å²) >= 11 is 0. The molecule has 37 heavy (non-hydrogen) atoms. The van der Waals surface area contributed by atoms with E-state index < -0.39 is 5.97 Å². The molecule has 9 nitrogen and oxygen atoms in total. The van der Waals surface area contributed by atoms with Crippen LogP contribution in [0.25, 0.3) is 0 Å². The maximum Gasteiger partial charge on any atom is 0.337 e. The number of benzene rings is 2. The van der Waals surface area contributed by atoms with Crippen molar-refractivity contribution in [2.75, 3.05) is 18.5 Å². The van der Waals surface area contributed by atoms with Crippen molar-refractivity contribution in [3.8, 4) is 17.4 Å². The van der Waals surface area contributed by atoms with E-state index >= 15 is 0 Å². The van der Waals surface area contributed by atoms with Crippen molar-refractivity contribution >= 4 is 23.5 Å². The van der Waals surface area contributed by atoms with E-state index in [0.29, 0.717) is 29.5 Å². The zero-order valence-corrected chi connectivity index (χ0v) is 20.6. The average molecular weight is 504 g/mol. The predicted octanol–water partition coefficient (Wildman–Crippen LogP) is 4.53. The number of piperidine rings is 1. The second-order valence-corrected chi connectivity index (χ2v) is 8.83. The summed E-state index contributed by atoms with van der Waals surface area (Å²) in [5, 5.41) is 11.9. The van der Waals surface area contributed by atoms with Gasteiger partial charge in [0.15, 0.2) is 0 Å². The van der Waals surface area contributed by atoms with Crippen molar-refractivity contribution in [2.45, 2.75) is 38.6 Å². The van der Waals surface area contributed by atoms with Crippen LogP contribution in [0.3, 0.4) is 0 Å². The Morgan fingerprint density at radius 3 is 2.49 bits per heavy atom. The number of carboxylic acid groups (broad SMARTS) is 1. The number of rotatable bonds is 9. The van der Waals surface area contributed by atoms with Gasteiger partial charge in [0.2, 0.25) is 17.7 Å². The Morgan fingerprint density at radius 2 is 1.78 bits per heavy atom. The highest BCUT2D eigenvalue weighted by Crippen LogP contribution is 2.24. The maximum atomic E-state index is 12.4. The van der Waals surface area contributed by atoms with Crippen molar-refractivity contribution in [3.05, 3.63) is 78.0 Å². The number of carbonyl (C=O) groups excluding carboxylic acids is 2. The van der Waals surface area contributed by atoms with Crippen LogP contribution >= 0.6 is 0 Å². The molecule has 3 aromatic rings. The number of amides is 2. The lowest BCUT2D eigenvalue weighted by Crippen LogP contribution is -2.45. The van der Waals surface area contributed by atoms with Gasteiger partial charge in [-0.15, -0.1) is 0 Å². The molecule has 0 radical (unpaired) electrons. The van der Waals surface area contributed by atoms with Gasteiger partial charge in [-0.25, -0.2) is 9.78 Å². The lowest BCUT2D eigenvalue weighted by Gasteiger charge is -2.34. The zero-order chi connectivity index (χ0) is 26.2. The molecule has 1 fully saturated rings. The highest BCUT2D eigenvalue weighted by Gasteiger charge is 2.24. The number of ether oxygens (including phenoxy) is 2. The van der Waals surface area contributed by atoms with Crippen LogP contribution in [-0.2, 0) is 16.0 Å². The summed E-state index contributed by atoms with van der Waals surface area (Å²) in [5.41, 5.74) is 0.931. The molecule has 1 aromatic heterocycles. The molecule has 2 aromatic carbocycles. The first-order valence-electron chi connectivity index (χ1n) is 12.1. The van der Waals surface area contributed by atoms with Gasteiger partial charge in [-0.2, -0.15) is 0 Å². The standard InChI is InChI=1S/C28H29N3O6/c1-19(32)31-15-5-4-6-21(31)18-36-22-10-12-23(13-11-22)37-27-14-9-20(17-29-27)16-26(33)30-25-8-3-2-7-24(25)28(34)35/h2-3,7-14,17,21H,4-6,15-16,18H2,1H3,(H,30,33)(H,34,35). The van der Waals surface area contributed by atoms with Crippen molar-refractivity contribution in [1.29, 1.82) is 0 Å². The van der Waals surface area contributed by atoms with E-state index in [9.17, 15) is 19.5 Å². The number of para-hydroxylation sites is 1. The van der Waals surface area contributed by atoms with Crippen LogP contribution in [0.5, 0.6) is 17.4 Å². The first kappa shape index (κ1) is 25.7. The number of anilines is 1. The van der Waals surface area contributed by atoms with Gasteiger partial charge in [0.05, 0.1) is 23.7 Å². The van der Waals surface area contributed by atoms with Crippen molar-refractivity contribution in [1.82, 2.24) is 9.88 Å². The van der Waals surface area contributed by atoms with E-state index in [2.05, 4.69) is 10.3 Å². The molecule has 1 atom stereocenters. The Morgan fingerprint density at radius 1 is 1.03 bits per heavy atom. The third-order valence-electron chi connectivity index (χ3n) is 6.11. The minimum atomic E-state index is -1.11. The molecule has 1 aliphatic rings. The summed E-state index contributed by atoms with van der Waals surface area (Å²) in [6, 6.07) is 16.9. The van der Waals surface area contributed by atoms with Crippen molar-refractivity contribution in [3.63, 3.8) is 0 Å². The minimum Gasteiger partial charge on any atom is -0.491 e. The Balaban J connectivity index is 1.27. The van der Waals surface area contributed by atoms with Gasteiger partial charge < -0.3 is 24.8 Å². The minimum absolute atomic E-state index is 0.0289. The number of hydrogen-bond acceptors (Lipinski definition) is 6. The summed E-state index contributed by atoms with van der Waals surface area (Å²) in [6.45, 7) is 2.84. The molecule has 1 aliphatic heterocycles. The van der Waals surface area contributed by atoms with Gasteiger partial charge in [0.1, 0.15) is 18.1 Å². The van der Waals surface area contributed by atoms with E-state index in [1.807, 2.05) is 17.0 Å². The molecule has 0 bridgehead atoms. The van der Waals surface area contributed by atoms with Crippen LogP contribution in [0, 0.1) is 0 Å². The number of nitrogens with zero attached hydrogens (tertiary/aromatic N) is 2. The van der Waals surface area contributed by atoms with E-state index in [4.69, 9.17) is 9.47 Å². The number of aromatic carboxylic acids is 1.